The Morgan fingerprint density at radius 3 is 2.50 bits per heavy atom. The standard InChI is InChI=1S/C23H36O5/c1-14(12-21(26)27-7)10-11-22(5)16(3)19(28-17(4)24)13-23(6)15(2)18(25)8-9-20(22)23/h12,16,18-20,25H,2,8-11,13H2,1,3-7H3/b14-12+/t16-,18-,19-,20-,22+,23+/m1/s1. The second kappa shape index (κ2) is 8.40. The molecule has 0 radical (unpaired) electrons. The van der Waals surface area contributed by atoms with Crippen LogP contribution in [0.2, 0.25) is 0 Å². The van der Waals surface area contributed by atoms with Crippen LogP contribution in [-0.4, -0.2) is 36.4 Å². The van der Waals surface area contributed by atoms with Crippen molar-refractivity contribution in [2.75, 3.05) is 7.11 Å². The Morgan fingerprint density at radius 1 is 1.29 bits per heavy atom. The highest BCUT2D eigenvalue weighted by Gasteiger charge is 2.59. The van der Waals surface area contributed by atoms with Gasteiger partial charge in [-0.15, -0.1) is 0 Å². The van der Waals surface area contributed by atoms with Crippen LogP contribution in [0.4, 0.5) is 0 Å². The Morgan fingerprint density at radius 2 is 1.93 bits per heavy atom. The fourth-order valence-electron chi connectivity index (χ4n) is 5.65. The molecule has 0 amide bonds. The van der Waals surface area contributed by atoms with E-state index in [0.29, 0.717) is 12.3 Å². The van der Waals surface area contributed by atoms with Gasteiger partial charge in [0.05, 0.1) is 13.2 Å². The largest absolute Gasteiger partial charge is 0.466 e. The van der Waals surface area contributed by atoms with Crippen LogP contribution < -0.4 is 0 Å². The molecular formula is C23H36O5. The highest BCUT2D eigenvalue weighted by atomic mass is 16.5. The van der Waals surface area contributed by atoms with E-state index in [1.807, 2.05) is 6.92 Å². The SMILES string of the molecule is C=C1[C@H](O)CC[C@@H]2[C@@](C)(CC/C(C)=C/C(=O)OC)[C@H](C)[C@H](OC(C)=O)C[C@@]12C. The molecule has 2 fully saturated rings. The molecule has 158 valence electrons. The lowest BCUT2D eigenvalue weighted by Crippen LogP contribution is -2.58. The normalized spacial score (nSPS) is 38.5. The van der Waals surface area contributed by atoms with Crippen molar-refractivity contribution in [1.82, 2.24) is 0 Å². The Balaban J connectivity index is 2.36. The summed E-state index contributed by atoms with van der Waals surface area (Å²) in [7, 11) is 1.38. The maximum atomic E-state index is 11.7. The number of aliphatic hydroxyl groups excluding tert-OH is 1. The zero-order valence-corrected chi connectivity index (χ0v) is 18.2. The number of carbonyl (C=O) groups excluding carboxylic acids is 2. The van der Waals surface area contributed by atoms with Gasteiger partial charge >= 0.3 is 11.9 Å². The summed E-state index contributed by atoms with van der Waals surface area (Å²) in [4.78, 5) is 23.3. The molecule has 5 heteroatoms. The molecule has 2 rings (SSSR count). The minimum atomic E-state index is -0.502. The van der Waals surface area contributed by atoms with E-state index in [4.69, 9.17) is 9.47 Å². The average Bonchev–Trinajstić information content (AvgIpc) is 2.62. The van der Waals surface area contributed by atoms with Gasteiger partial charge in [0.25, 0.3) is 0 Å². The number of hydrogen-bond acceptors (Lipinski definition) is 5. The van der Waals surface area contributed by atoms with Crippen LogP contribution in [0.15, 0.2) is 23.8 Å². The van der Waals surface area contributed by atoms with Gasteiger partial charge in [-0.1, -0.05) is 32.9 Å². The maximum Gasteiger partial charge on any atom is 0.330 e. The Bertz CT molecular complexity index is 666. The summed E-state index contributed by atoms with van der Waals surface area (Å²) in [5, 5.41) is 10.5. The van der Waals surface area contributed by atoms with Crippen molar-refractivity contribution < 1.29 is 24.2 Å². The molecule has 0 aromatic rings. The zero-order chi connectivity index (χ0) is 21.3. The van der Waals surface area contributed by atoms with Crippen LogP contribution in [-0.2, 0) is 19.1 Å². The van der Waals surface area contributed by atoms with E-state index in [1.165, 1.54) is 14.0 Å². The third-order valence-corrected chi connectivity index (χ3v) is 7.59. The number of esters is 2. The van der Waals surface area contributed by atoms with Gasteiger partial charge in [-0.25, -0.2) is 4.79 Å². The molecule has 0 bridgehead atoms. The van der Waals surface area contributed by atoms with E-state index in [-0.39, 0.29) is 34.8 Å². The first-order valence-corrected chi connectivity index (χ1v) is 10.3. The van der Waals surface area contributed by atoms with Crippen LogP contribution >= 0.6 is 0 Å². The highest BCUT2D eigenvalue weighted by molar-refractivity contribution is 5.82. The van der Waals surface area contributed by atoms with Gasteiger partial charge < -0.3 is 14.6 Å². The average molecular weight is 393 g/mol. The lowest BCUT2D eigenvalue weighted by atomic mass is 9.45. The Kier molecular flexibility index (Phi) is 6.80. The number of ether oxygens (including phenoxy) is 2. The minimum Gasteiger partial charge on any atom is -0.466 e. The molecule has 0 aliphatic heterocycles. The van der Waals surface area contributed by atoms with E-state index < -0.39 is 6.10 Å². The summed E-state index contributed by atoms with van der Waals surface area (Å²) in [6, 6.07) is 0. The second-order valence-electron chi connectivity index (χ2n) is 9.25. The maximum absolute atomic E-state index is 11.7. The van der Waals surface area contributed by atoms with Gasteiger partial charge in [-0.2, -0.15) is 0 Å². The monoisotopic (exact) mass is 392 g/mol. The quantitative estimate of drug-likeness (QED) is 0.431. The van der Waals surface area contributed by atoms with Gasteiger partial charge in [0.2, 0.25) is 0 Å². The lowest BCUT2D eigenvalue weighted by molar-refractivity contribution is -0.173. The van der Waals surface area contributed by atoms with Crippen LogP contribution in [0.1, 0.15) is 66.7 Å². The summed E-state index contributed by atoms with van der Waals surface area (Å²) in [5.74, 6) is -0.104. The number of fused-ring (bicyclic) bond motifs is 1. The number of rotatable bonds is 5. The number of hydrogen-bond donors (Lipinski definition) is 1. The first-order chi connectivity index (χ1) is 13.0. The van der Waals surface area contributed by atoms with E-state index in [1.54, 1.807) is 6.08 Å². The molecule has 5 nitrogen and oxygen atoms in total. The van der Waals surface area contributed by atoms with Crippen molar-refractivity contribution in [3.05, 3.63) is 23.8 Å². The van der Waals surface area contributed by atoms with Crippen molar-refractivity contribution in [3.8, 4) is 0 Å². The smallest absolute Gasteiger partial charge is 0.330 e. The Labute approximate surface area is 169 Å². The predicted molar refractivity (Wildman–Crippen MR) is 108 cm³/mol. The number of carbonyl (C=O) groups is 2. The lowest BCUT2D eigenvalue weighted by Gasteiger charge is -2.61. The molecule has 1 N–H and O–H groups in total. The summed E-state index contributed by atoms with van der Waals surface area (Å²) in [6.07, 6.45) is 4.80. The molecule has 6 atom stereocenters. The number of methoxy groups -OCH3 is 1. The summed E-state index contributed by atoms with van der Waals surface area (Å²) < 4.78 is 10.5. The number of allylic oxidation sites excluding steroid dienone is 1. The van der Waals surface area contributed by atoms with E-state index >= 15 is 0 Å². The third kappa shape index (κ3) is 4.19. The topological polar surface area (TPSA) is 72.8 Å². The molecule has 0 saturated heterocycles. The molecule has 0 spiro atoms. The molecular weight excluding hydrogens is 356 g/mol. The van der Waals surface area contributed by atoms with Crippen molar-refractivity contribution in [1.29, 1.82) is 0 Å². The van der Waals surface area contributed by atoms with Crippen LogP contribution in [0.3, 0.4) is 0 Å². The molecule has 0 heterocycles. The summed E-state index contributed by atoms with van der Waals surface area (Å²) in [5.41, 5.74) is 1.45. The van der Waals surface area contributed by atoms with Crippen LogP contribution in [0.25, 0.3) is 0 Å². The summed E-state index contributed by atoms with van der Waals surface area (Å²) in [6.45, 7) is 14.2. The fourth-order valence-corrected chi connectivity index (χ4v) is 5.65. The zero-order valence-electron chi connectivity index (χ0n) is 18.2. The van der Waals surface area contributed by atoms with Crippen molar-refractivity contribution >= 4 is 11.9 Å². The third-order valence-electron chi connectivity index (χ3n) is 7.59. The molecule has 2 aliphatic carbocycles. The van der Waals surface area contributed by atoms with Gasteiger partial charge in [0.15, 0.2) is 0 Å². The molecule has 0 unspecified atom stereocenters. The van der Waals surface area contributed by atoms with Crippen molar-refractivity contribution in [2.24, 2.45) is 22.7 Å². The van der Waals surface area contributed by atoms with Gasteiger partial charge in [-0.3, -0.25) is 4.79 Å². The number of aliphatic hydroxyl groups is 1. The minimum absolute atomic E-state index is 0.110. The van der Waals surface area contributed by atoms with Crippen molar-refractivity contribution in [3.63, 3.8) is 0 Å². The first-order valence-electron chi connectivity index (χ1n) is 10.3. The predicted octanol–water partition coefficient (Wildman–Crippen LogP) is 4.20. The van der Waals surface area contributed by atoms with Crippen LogP contribution in [0, 0.1) is 22.7 Å². The molecule has 2 aliphatic rings. The molecule has 2 saturated carbocycles. The fraction of sp³-hybridized carbons (Fsp3) is 0.739. The highest BCUT2D eigenvalue weighted by Crippen LogP contribution is 2.63. The summed E-state index contributed by atoms with van der Waals surface area (Å²) >= 11 is 0. The van der Waals surface area contributed by atoms with Gasteiger partial charge in [-0.05, 0) is 67.3 Å². The van der Waals surface area contributed by atoms with E-state index in [2.05, 4.69) is 27.4 Å². The van der Waals surface area contributed by atoms with Crippen LogP contribution in [0.5, 0.6) is 0 Å². The van der Waals surface area contributed by atoms with Gasteiger partial charge in [0.1, 0.15) is 6.10 Å². The van der Waals surface area contributed by atoms with Crippen molar-refractivity contribution in [2.45, 2.75) is 78.9 Å². The molecule has 28 heavy (non-hydrogen) atoms. The molecule has 0 aromatic carbocycles. The first kappa shape index (κ1) is 22.7. The van der Waals surface area contributed by atoms with Gasteiger partial charge in [0, 0.05) is 13.0 Å². The second-order valence-corrected chi connectivity index (χ2v) is 9.25. The van der Waals surface area contributed by atoms with E-state index in [9.17, 15) is 14.7 Å². The van der Waals surface area contributed by atoms with E-state index in [0.717, 1.165) is 36.8 Å². The Hall–Kier alpha value is -1.62. The molecule has 0 aromatic heterocycles.